The van der Waals surface area contributed by atoms with E-state index in [9.17, 15) is 14.3 Å². The SMILES string of the molecule is CC[C@@H]1CN(C(=O)Nc2ccc(F)c(Cl)c2)[C@H](CO)[C@@H]1CN(C)CCc1ccccc1. The minimum absolute atomic E-state index is 0.0396. The predicted molar refractivity (Wildman–Crippen MR) is 123 cm³/mol. The third kappa shape index (κ3) is 5.97. The summed E-state index contributed by atoms with van der Waals surface area (Å²) >= 11 is 5.83. The zero-order chi connectivity index (χ0) is 22.4. The van der Waals surface area contributed by atoms with E-state index in [0.717, 1.165) is 25.9 Å². The van der Waals surface area contributed by atoms with Crippen molar-refractivity contribution in [2.24, 2.45) is 11.8 Å². The Kier molecular flexibility index (Phi) is 8.29. The van der Waals surface area contributed by atoms with Gasteiger partial charge in [-0.25, -0.2) is 9.18 Å². The van der Waals surface area contributed by atoms with Crippen molar-refractivity contribution in [1.29, 1.82) is 0 Å². The number of likely N-dealkylation sites (tertiary alicyclic amines) is 1. The van der Waals surface area contributed by atoms with Crippen LogP contribution in [0.5, 0.6) is 0 Å². The van der Waals surface area contributed by atoms with Gasteiger partial charge in [0.15, 0.2) is 0 Å². The van der Waals surface area contributed by atoms with E-state index in [0.29, 0.717) is 18.2 Å². The maximum atomic E-state index is 13.4. The van der Waals surface area contributed by atoms with Crippen molar-refractivity contribution in [3.63, 3.8) is 0 Å². The van der Waals surface area contributed by atoms with Gasteiger partial charge < -0.3 is 20.2 Å². The molecule has 0 aliphatic carbocycles. The highest BCUT2D eigenvalue weighted by Crippen LogP contribution is 2.33. The molecule has 7 heteroatoms. The molecular formula is C24H31ClFN3O2. The fraction of sp³-hybridized carbons (Fsp3) is 0.458. The molecule has 2 amide bonds. The maximum absolute atomic E-state index is 13.4. The highest BCUT2D eigenvalue weighted by atomic mass is 35.5. The molecule has 5 nitrogen and oxygen atoms in total. The van der Waals surface area contributed by atoms with Crippen LogP contribution in [0, 0.1) is 17.7 Å². The van der Waals surface area contributed by atoms with E-state index in [-0.39, 0.29) is 29.6 Å². The number of nitrogens with one attached hydrogen (secondary N) is 1. The average Bonchev–Trinajstić information content (AvgIpc) is 3.13. The first kappa shape index (κ1) is 23.5. The summed E-state index contributed by atoms with van der Waals surface area (Å²) in [5, 5.41) is 12.9. The minimum Gasteiger partial charge on any atom is -0.394 e. The summed E-state index contributed by atoms with van der Waals surface area (Å²) in [5.41, 5.74) is 1.73. The van der Waals surface area contributed by atoms with E-state index < -0.39 is 5.82 Å². The number of amides is 2. The lowest BCUT2D eigenvalue weighted by molar-refractivity contribution is 0.131. The summed E-state index contributed by atoms with van der Waals surface area (Å²) in [6.07, 6.45) is 1.89. The number of aliphatic hydroxyl groups is 1. The van der Waals surface area contributed by atoms with E-state index in [2.05, 4.69) is 36.3 Å². The molecule has 3 rings (SSSR count). The quantitative estimate of drug-likeness (QED) is 0.626. The Morgan fingerprint density at radius 1 is 1.29 bits per heavy atom. The molecule has 1 heterocycles. The zero-order valence-corrected chi connectivity index (χ0v) is 18.9. The van der Waals surface area contributed by atoms with Gasteiger partial charge in [-0.2, -0.15) is 0 Å². The molecule has 0 unspecified atom stereocenters. The first-order valence-corrected chi connectivity index (χ1v) is 11.2. The molecule has 2 aromatic carbocycles. The molecule has 31 heavy (non-hydrogen) atoms. The second-order valence-electron chi connectivity index (χ2n) is 8.29. The van der Waals surface area contributed by atoms with Crippen molar-refractivity contribution in [1.82, 2.24) is 9.80 Å². The van der Waals surface area contributed by atoms with Gasteiger partial charge in [-0.1, -0.05) is 55.3 Å². The molecule has 168 valence electrons. The zero-order valence-electron chi connectivity index (χ0n) is 18.1. The number of anilines is 1. The smallest absolute Gasteiger partial charge is 0.322 e. The third-order valence-electron chi connectivity index (χ3n) is 6.22. The van der Waals surface area contributed by atoms with Crippen molar-refractivity contribution in [3.8, 4) is 0 Å². The Labute approximate surface area is 188 Å². The van der Waals surface area contributed by atoms with Crippen LogP contribution in [0.25, 0.3) is 0 Å². The van der Waals surface area contributed by atoms with Crippen molar-refractivity contribution in [3.05, 3.63) is 64.9 Å². The minimum atomic E-state index is -0.529. The van der Waals surface area contributed by atoms with Gasteiger partial charge in [0.25, 0.3) is 0 Å². The molecule has 1 aliphatic heterocycles. The van der Waals surface area contributed by atoms with Gasteiger partial charge >= 0.3 is 6.03 Å². The Morgan fingerprint density at radius 3 is 2.68 bits per heavy atom. The van der Waals surface area contributed by atoms with E-state index in [1.807, 2.05) is 18.2 Å². The number of aliphatic hydroxyl groups excluding tert-OH is 1. The van der Waals surface area contributed by atoms with E-state index in [4.69, 9.17) is 11.6 Å². The molecule has 3 atom stereocenters. The summed E-state index contributed by atoms with van der Waals surface area (Å²) in [6, 6.07) is 13.9. The summed E-state index contributed by atoms with van der Waals surface area (Å²) in [6.45, 7) is 4.33. The monoisotopic (exact) mass is 447 g/mol. The Hall–Kier alpha value is -2.15. The van der Waals surface area contributed by atoms with Gasteiger partial charge in [-0.15, -0.1) is 0 Å². The van der Waals surface area contributed by atoms with Gasteiger partial charge in [-0.3, -0.25) is 0 Å². The number of benzene rings is 2. The fourth-order valence-electron chi connectivity index (χ4n) is 4.42. The second kappa shape index (κ2) is 10.9. The van der Waals surface area contributed by atoms with Crippen LogP contribution in [-0.4, -0.2) is 60.3 Å². The lowest BCUT2D eigenvalue weighted by atomic mass is 9.88. The van der Waals surface area contributed by atoms with Gasteiger partial charge in [0.2, 0.25) is 0 Å². The standard InChI is InChI=1S/C24H31ClFN3O2/c1-3-18-14-29(24(31)27-19-9-10-22(26)21(25)13-19)23(16-30)20(18)15-28(2)12-11-17-7-5-4-6-8-17/h4-10,13,18,20,23,30H,3,11-12,14-16H2,1-2H3,(H,27,31)/t18-,20-,23-/m1/s1. The third-order valence-corrected chi connectivity index (χ3v) is 6.51. The number of carbonyl (C=O) groups is 1. The number of urea groups is 1. The second-order valence-corrected chi connectivity index (χ2v) is 8.70. The molecular weight excluding hydrogens is 417 g/mol. The predicted octanol–water partition coefficient (Wildman–Crippen LogP) is 4.50. The summed E-state index contributed by atoms with van der Waals surface area (Å²) in [5.74, 6) is -0.0454. The molecule has 0 saturated carbocycles. The van der Waals surface area contributed by atoms with Crippen LogP contribution in [0.15, 0.2) is 48.5 Å². The highest BCUT2D eigenvalue weighted by molar-refractivity contribution is 6.31. The molecule has 2 aromatic rings. The van der Waals surface area contributed by atoms with Gasteiger partial charge in [0, 0.05) is 25.3 Å². The van der Waals surface area contributed by atoms with Crippen molar-refractivity contribution in [2.75, 3.05) is 38.6 Å². The highest BCUT2D eigenvalue weighted by Gasteiger charge is 2.43. The number of rotatable bonds is 8. The van der Waals surface area contributed by atoms with Crippen LogP contribution < -0.4 is 5.32 Å². The molecule has 1 fully saturated rings. The summed E-state index contributed by atoms with van der Waals surface area (Å²) in [7, 11) is 2.09. The molecule has 1 aliphatic rings. The number of carbonyl (C=O) groups excluding carboxylic acids is 1. The Balaban J connectivity index is 1.63. The van der Waals surface area contributed by atoms with Crippen molar-refractivity contribution >= 4 is 23.3 Å². The lowest BCUT2D eigenvalue weighted by Crippen LogP contribution is -2.45. The van der Waals surface area contributed by atoms with Crippen LogP contribution in [-0.2, 0) is 6.42 Å². The Morgan fingerprint density at radius 2 is 2.03 bits per heavy atom. The number of likely N-dealkylation sites (N-methyl/N-ethyl adjacent to an activating group) is 1. The summed E-state index contributed by atoms with van der Waals surface area (Å²) in [4.78, 5) is 16.9. The van der Waals surface area contributed by atoms with Gasteiger partial charge in [0.1, 0.15) is 5.82 Å². The van der Waals surface area contributed by atoms with Crippen molar-refractivity contribution < 1.29 is 14.3 Å². The summed E-state index contributed by atoms with van der Waals surface area (Å²) < 4.78 is 13.4. The van der Waals surface area contributed by atoms with Crippen LogP contribution in [0.3, 0.4) is 0 Å². The molecule has 0 spiro atoms. The number of hydrogen-bond acceptors (Lipinski definition) is 3. The average molecular weight is 448 g/mol. The number of halogens is 2. The topological polar surface area (TPSA) is 55.8 Å². The molecule has 1 saturated heterocycles. The van der Waals surface area contributed by atoms with Crippen LogP contribution >= 0.6 is 11.6 Å². The van der Waals surface area contributed by atoms with Crippen LogP contribution in [0.2, 0.25) is 5.02 Å². The molecule has 0 radical (unpaired) electrons. The first-order valence-electron chi connectivity index (χ1n) is 10.8. The normalized spacial score (nSPS) is 21.0. The van der Waals surface area contributed by atoms with Crippen molar-refractivity contribution in [2.45, 2.75) is 25.8 Å². The van der Waals surface area contributed by atoms with Crippen LogP contribution in [0.1, 0.15) is 18.9 Å². The number of nitrogens with zero attached hydrogens (tertiary/aromatic N) is 2. The largest absolute Gasteiger partial charge is 0.394 e. The first-order chi connectivity index (χ1) is 14.9. The molecule has 0 aromatic heterocycles. The van der Waals surface area contributed by atoms with E-state index >= 15 is 0 Å². The maximum Gasteiger partial charge on any atom is 0.322 e. The molecule has 2 N–H and O–H groups in total. The number of hydrogen-bond donors (Lipinski definition) is 2. The van der Waals surface area contributed by atoms with Gasteiger partial charge in [0.05, 0.1) is 17.7 Å². The van der Waals surface area contributed by atoms with Gasteiger partial charge in [-0.05, 0) is 49.1 Å². The van der Waals surface area contributed by atoms with E-state index in [1.165, 1.54) is 23.8 Å². The van der Waals surface area contributed by atoms with Crippen LogP contribution in [0.4, 0.5) is 14.9 Å². The fourth-order valence-corrected chi connectivity index (χ4v) is 4.60. The van der Waals surface area contributed by atoms with E-state index in [1.54, 1.807) is 4.90 Å². The lowest BCUT2D eigenvalue weighted by Gasteiger charge is -2.30. The molecule has 0 bridgehead atoms. The Bertz CT molecular complexity index is 867.